The van der Waals surface area contributed by atoms with Gasteiger partial charge in [-0.25, -0.2) is 9.97 Å². The number of aromatic nitrogens is 2. The van der Waals surface area contributed by atoms with E-state index in [4.69, 9.17) is 9.47 Å². The van der Waals surface area contributed by atoms with Gasteiger partial charge in [-0.05, 0) is 48.0 Å². The van der Waals surface area contributed by atoms with Crippen LogP contribution in [-0.2, 0) is 0 Å². The van der Waals surface area contributed by atoms with E-state index in [0.29, 0.717) is 22.7 Å². The lowest BCUT2D eigenvalue weighted by Crippen LogP contribution is -2.11. The third-order valence-electron chi connectivity index (χ3n) is 4.42. The minimum Gasteiger partial charge on any atom is -0.497 e. The Hall–Kier alpha value is -3.71. The van der Waals surface area contributed by atoms with Crippen molar-refractivity contribution in [1.82, 2.24) is 9.97 Å². The molecule has 0 fully saturated rings. The number of hydrogen-bond acceptors (Lipinski definition) is 5. The van der Waals surface area contributed by atoms with Gasteiger partial charge >= 0.3 is 6.01 Å². The van der Waals surface area contributed by atoms with Gasteiger partial charge in [-0.3, -0.25) is 4.79 Å². The molecular formula is C24H18BrN3O3. The molecule has 0 saturated carbocycles. The van der Waals surface area contributed by atoms with Crippen LogP contribution < -0.4 is 14.8 Å². The normalized spacial score (nSPS) is 10.4. The minimum absolute atomic E-state index is 0.196. The second-order valence-electron chi connectivity index (χ2n) is 6.58. The molecule has 0 saturated heterocycles. The van der Waals surface area contributed by atoms with E-state index in [1.807, 2.05) is 48.5 Å². The summed E-state index contributed by atoms with van der Waals surface area (Å²) in [6.45, 7) is 0. The van der Waals surface area contributed by atoms with Crippen molar-refractivity contribution in [2.45, 2.75) is 0 Å². The van der Waals surface area contributed by atoms with Crippen LogP contribution in [0.5, 0.6) is 17.5 Å². The summed E-state index contributed by atoms with van der Waals surface area (Å²) < 4.78 is 11.8. The van der Waals surface area contributed by atoms with Gasteiger partial charge in [0.15, 0.2) is 0 Å². The highest BCUT2D eigenvalue weighted by atomic mass is 79.9. The summed E-state index contributed by atoms with van der Waals surface area (Å²) >= 11 is 3.40. The van der Waals surface area contributed by atoms with Crippen molar-refractivity contribution in [3.63, 3.8) is 0 Å². The number of carbonyl (C=O) groups excluding carboxylic acids is 1. The van der Waals surface area contributed by atoms with Crippen LogP contribution in [0.25, 0.3) is 11.1 Å². The Kier molecular flexibility index (Phi) is 6.24. The summed E-state index contributed by atoms with van der Waals surface area (Å²) in [6, 6.07) is 22.2. The number of carbonyl (C=O) groups is 1. The Morgan fingerprint density at radius 1 is 0.871 bits per heavy atom. The van der Waals surface area contributed by atoms with Crippen LogP contribution in [0.15, 0.2) is 89.7 Å². The molecule has 0 aliphatic carbocycles. The highest BCUT2D eigenvalue weighted by Gasteiger charge is 2.09. The molecule has 1 amide bonds. The number of amides is 1. The standard InChI is InChI=1S/C24H18BrN3O3/c1-30-21-9-4-10-22(13-21)31-24-26-14-18(15-27-24)16-5-2-6-17(11-16)23(29)28-20-8-3-7-19(25)12-20/h2-15H,1H3,(H,28,29). The number of ether oxygens (including phenoxy) is 2. The van der Waals surface area contributed by atoms with Crippen LogP contribution in [0.4, 0.5) is 5.69 Å². The second-order valence-corrected chi connectivity index (χ2v) is 7.50. The Bertz CT molecular complexity index is 1210. The fourth-order valence-corrected chi connectivity index (χ4v) is 3.30. The summed E-state index contributed by atoms with van der Waals surface area (Å²) in [6.07, 6.45) is 3.32. The topological polar surface area (TPSA) is 73.3 Å². The fraction of sp³-hybridized carbons (Fsp3) is 0.0417. The minimum atomic E-state index is -0.196. The predicted molar refractivity (Wildman–Crippen MR) is 123 cm³/mol. The number of hydrogen-bond donors (Lipinski definition) is 1. The maximum Gasteiger partial charge on any atom is 0.321 e. The predicted octanol–water partition coefficient (Wildman–Crippen LogP) is 5.96. The zero-order valence-electron chi connectivity index (χ0n) is 16.6. The molecule has 1 heterocycles. The van der Waals surface area contributed by atoms with Gasteiger partial charge in [0.1, 0.15) is 11.5 Å². The number of benzene rings is 3. The molecule has 1 N–H and O–H groups in total. The van der Waals surface area contributed by atoms with Gasteiger partial charge in [-0.2, -0.15) is 0 Å². The Balaban J connectivity index is 1.49. The molecule has 0 aliphatic heterocycles. The van der Waals surface area contributed by atoms with Crippen LogP contribution >= 0.6 is 15.9 Å². The lowest BCUT2D eigenvalue weighted by atomic mass is 10.1. The van der Waals surface area contributed by atoms with E-state index in [-0.39, 0.29) is 11.9 Å². The summed E-state index contributed by atoms with van der Waals surface area (Å²) in [4.78, 5) is 21.2. The van der Waals surface area contributed by atoms with Gasteiger partial charge in [0.25, 0.3) is 5.91 Å². The number of halogens is 1. The first-order valence-corrected chi connectivity index (χ1v) is 10.2. The first kappa shape index (κ1) is 20.6. The molecule has 6 nitrogen and oxygen atoms in total. The van der Waals surface area contributed by atoms with E-state index in [1.165, 1.54) is 0 Å². The Labute approximate surface area is 188 Å². The first-order chi connectivity index (χ1) is 15.1. The molecule has 4 rings (SSSR count). The number of anilines is 1. The highest BCUT2D eigenvalue weighted by molar-refractivity contribution is 9.10. The Morgan fingerprint density at radius 2 is 1.61 bits per heavy atom. The molecule has 1 aromatic heterocycles. The third-order valence-corrected chi connectivity index (χ3v) is 4.91. The monoisotopic (exact) mass is 475 g/mol. The summed E-state index contributed by atoms with van der Waals surface area (Å²) in [7, 11) is 1.59. The van der Waals surface area contributed by atoms with E-state index in [0.717, 1.165) is 15.6 Å². The van der Waals surface area contributed by atoms with Crippen molar-refractivity contribution < 1.29 is 14.3 Å². The third kappa shape index (κ3) is 5.26. The molecular weight excluding hydrogens is 458 g/mol. The lowest BCUT2D eigenvalue weighted by molar-refractivity contribution is 0.102. The largest absolute Gasteiger partial charge is 0.497 e. The molecule has 0 bridgehead atoms. The first-order valence-electron chi connectivity index (χ1n) is 9.42. The average molecular weight is 476 g/mol. The second kappa shape index (κ2) is 9.40. The van der Waals surface area contributed by atoms with Crippen LogP contribution in [0, 0.1) is 0 Å². The van der Waals surface area contributed by atoms with Crippen molar-refractivity contribution >= 4 is 27.5 Å². The van der Waals surface area contributed by atoms with Gasteiger partial charge < -0.3 is 14.8 Å². The zero-order valence-corrected chi connectivity index (χ0v) is 18.2. The molecule has 31 heavy (non-hydrogen) atoms. The molecule has 4 aromatic rings. The van der Waals surface area contributed by atoms with E-state index < -0.39 is 0 Å². The van der Waals surface area contributed by atoms with Crippen molar-refractivity contribution in [1.29, 1.82) is 0 Å². The van der Waals surface area contributed by atoms with Gasteiger partial charge in [0.05, 0.1) is 7.11 Å². The van der Waals surface area contributed by atoms with Gasteiger partial charge in [-0.15, -0.1) is 0 Å². The summed E-state index contributed by atoms with van der Waals surface area (Å²) in [5.74, 6) is 1.07. The fourth-order valence-electron chi connectivity index (χ4n) is 2.90. The van der Waals surface area contributed by atoms with Crippen LogP contribution in [0.3, 0.4) is 0 Å². The van der Waals surface area contributed by atoms with Crippen molar-refractivity contribution in [3.05, 3.63) is 95.2 Å². The molecule has 0 radical (unpaired) electrons. The SMILES string of the molecule is COc1cccc(Oc2ncc(-c3cccc(C(=O)Nc4cccc(Br)c4)c3)cn2)c1. The maximum absolute atomic E-state index is 12.6. The van der Waals surface area contributed by atoms with E-state index >= 15 is 0 Å². The molecule has 0 unspecified atom stereocenters. The summed E-state index contributed by atoms with van der Waals surface area (Å²) in [5, 5.41) is 2.89. The van der Waals surface area contributed by atoms with E-state index in [9.17, 15) is 4.79 Å². The van der Waals surface area contributed by atoms with Crippen LogP contribution in [-0.4, -0.2) is 23.0 Å². The molecule has 154 valence electrons. The molecule has 0 spiro atoms. The maximum atomic E-state index is 12.6. The van der Waals surface area contributed by atoms with Crippen molar-refractivity contribution in [3.8, 4) is 28.6 Å². The van der Waals surface area contributed by atoms with Gasteiger partial charge in [0.2, 0.25) is 0 Å². The zero-order chi connectivity index (χ0) is 21.6. The lowest BCUT2D eigenvalue weighted by Gasteiger charge is -2.08. The van der Waals surface area contributed by atoms with E-state index in [1.54, 1.807) is 43.8 Å². The van der Waals surface area contributed by atoms with Crippen LogP contribution in [0.2, 0.25) is 0 Å². The number of rotatable bonds is 6. The van der Waals surface area contributed by atoms with Crippen molar-refractivity contribution in [2.75, 3.05) is 12.4 Å². The van der Waals surface area contributed by atoms with Crippen molar-refractivity contribution in [2.24, 2.45) is 0 Å². The highest BCUT2D eigenvalue weighted by Crippen LogP contribution is 2.25. The summed E-state index contributed by atoms with van der Waals surface area (Å²) in [5.41, 5.74) is 2.85. The van der Waals surface area contributed by atoms with Gasteiger partial charge in [-0.1, -0.05) is 40.2 Å². The average Bonchev–Trinajstić information content (AvgIpc) is 2.80. The quantitative estimate of drug-likeness (QED) is 0.372. The smallest absolute Gasteiger partial charge is 0.321 e. The number of methoxy groups -OCH3 is 1. The molecule has 0 aliphatic rings. The van der Waals surface area contributed by atoms with E-state index in [2.05, 4.69) is 31.2 Å². The Morgan fingerprint density at radius 3 is 2.39 bits per heavy atom. The number of nitrogens with zero attached hydrogens (tertiary/aromatic N) is 2. The molecule has 7 heteroatoms. The number of nitrogens with one attached hydrogen (secondary N) is 1. The molecule has 3 aromatic carbocycles. The van der Waals surface area contributed by atoms with Crippen LogP contribution in [0.1, 0.15) is 10.4 Å². The van der Waals surface area contributed by atoms with Gasteiger partial charge in [0, 0.05) is 39.7 Å². The molecule has 0 atom stereocenters.